The smallest absolute Gasteiger partial charge is 0.408 e. The average molecular weight is 715 g/mol. The molecule has 3 aliphatic heterocycles. The predicted molar refractivity (Wildman–Crippen MR) is 183 cm³/mol. The fraction of sp³-hybridized carbons (Fsp3) is 0.886. The number of ether oxygens (including phenoxy) is 6. The van der Waals surface area contributed by atoms with Gasteiger partial charge in [-0.15, -0.1) is 0 Å². The van der Waals surface area contributed by atoms with Crippen LogP contribution in [0.3, 0.4) is 0 Å². The van der Waals surface area contributed by atoms with Crippen molar-refractivity contribution in [1.82, 2.24) is 20.9 Å². The topological polar surface area (TPSA) is 183 Å². The predicted octanol–water partition coefficient (Wildman–Crippen LogP) is 1.38. The molecule has 15 nitrogen and oxygen atoms in total. The number of carbonyl (C=O) groups excluding carboxylic acids is 4. The van der Waals surface area contributed by atoms with Gasteiger partial charge < -0.3 is 54.4 Å². The van der Waals surface area contributed by atoms with Crippen LogP contribution in [0.4, 0.5) is 4.79 Å². The molecule has 3 fully saturated rings. The quantitative estimate of drug-likeness (QED) is 0.145. The molecule has 4 N–H and O–H groups in total. The zero-order valence-corrected chi connectivity index (χ0v) is 31.8. The Morgan fingerprint density at radius 3 is 2.38 bits per heavy atom. The van der Waals surface area contributed by atoms with E-state index in [0.29, 0.717) is 38.8 Å². The highest BCUT2D eigenvalue weighted by molar-refractivity contribution is 6.00. The number of rotatable bonds is 10. The van der Waals surface area contributed by atoms with Crippen LogP contribution >= 0.6 is 0 Å². The number of esters is 2. The van der Waals surface area contributed by atoms with E-state index in [1.807, 2.05) is 46.7 Å². The third-order valence-corrected chi connectivity index (χ3v) is 10.9. The molecule has 0 aromatic heterocycles. The first-order valence-corrected chi connectivity index (χ1v) is 17.9. The van der Waals surface area contributed by atoms with Crippen molar-refractivity contribution in [2.75, 3.05) is 47.9 Å². The van der Waals surface area contributed by atoms with E-state index in [-0.39, 0.29) is 24.5 Å². The highest BCUT2D eigenvalue weighted by atomic mass is 16.7. The molecule has 3 rings (SSSR count). The summed E-state index contributed by atoms with van der Waals surface area (Å²) in [7, 11) is 6.57. The summed E-state index contributed by atoms with van der Waals surface area (Å²) in [6.45, 7) is 13.6. The van der Waals surface area contributed by atoms with Crippen LogP contribution in [-0.4, -0.2) is 142 Å². The average Bonchev–Trinajstić information content (AvgIpc) is 3.44. The number of nitrogens with one attached hydrogen (secondary N) is 3. The van der Waals surface area contributed by atoms with Gasteiger partial charge in [0, 0.05) is 31.7 Å². The number of amides is 1. The van der Waals surface area contributed by atoms with Crippen molar-refractivity contribution in [3.63, 3.8) is 0 Å². The van der Waals surface area contributed by atoms with Crippen molar-refractivity contribution in [2.45, 2.75) is 134 Å². The zero-order valence-electron chi connectivity index (χ0n) is 31.8. The molecule has 288 valence electrons. The van der Waals surface area contributed by atoms with Gasteiger partial charge in [0.1, 0.15) is 18.1 Å². The van der Waals surface area contributed by atoms with E-state index in [1.54, 1.807) is 14.0 Å². The van der Waals surface area contributed by atoms with Crippen molar-refractivity contribution in [3.8, 4) is 0 Å². The van der Waals surface area contributed by atoms with Crippen molar-refractivity contribution >= 4 is 23.8 Å². The number of fused-ring (bicyclic) bond motifs is 1. The maximum atomic E-state index is 14.2. The lowest BCUT2D eigenvalue weighted by molar-refractivity contribution is -0.297. The van der Waals surface area contributed by atoms with Crippen LogP contribution in [0.1, 0.15) is 74.1 Å². The molecule has 0 aliphatic carbocycles. The molecule has 0 spiro atoms. The fourth-order valence-corrected chi connectivity index (χ4v) is 7.88. The molecule has 13 atom stereocenters. The van der Waals surface area contributed by atoms with E-state index in [1.165, 1.54) is 14.0 Å². The summed E-state index contributed by atoms with van der Waals surface area (Å²) < 4.78 is 35.8. The van der Waals surface area contributed by atoms with Gasteiger partial charge in [-0.25, -0.2) is 4.79 Å². The number of likely N-dealkylation sites (N-methyl/N-ethyl adjacent to an activating group) is 1. The Balaban J connectivity index is 2.01. The van der Waals surface area contributed by atoms with Gasteiger partial charge in [-0.05, 0) is 73.0 Å². The number of methoxy groups -OCH3 is 2. The van der Waals surface area contributed by atoms with Crippen molar-refractivity contribution in [3.05, 3.63) is 0 Å². The Morgan fingerprint density at radius 2 is 1.80 bits per heavy atom. The summed E-state index contributed by atoms with van der Waals surface area (Å²) in [5.74, 6) is -3.70. The summed E-state index contributed by atoms with van der Waals surface area (Å²) in [5.41, 5.74) is -2.22. The molecule has 0 aromatic carbocycles. The second kappa shape index (κ2) is 17.9. The Labute approximate surface area is 297 Å². The highest BCUT2D eigenvalue weighted by Crippen LogP contribution is 2.38. The number of aliphatic hydroxyl groups is 1. The minimum atomic E-state index is -1.19. The van der Waals surface area contributed by atoms with Gasteiger partial charge in [-0.3, -0.25) is 14.4 Å². The first-order valence-electron chi connectivity index (χ1n) is 17.9. The summed E-state index contributed by atoms with van der Waals surface area (Å²) in [6.07, 6.45) is -3.42. The van der Waals surface area contributed by atoms with E-state index in [9.17, 15) is 24.3 Å². The van der Waals surface area contributed by atoms with Gasteiger partial charge >= 0.3 is 18.0 Å². The third kappa shape index (κ3) is 9.33. The Morgan fingerprint density at radius 1 is 1.12 bits per heavy atom. The van der Waals surface area contributed by atoms with Crippen molar-refractivity contribution in [2.24, 2.45) is 17.8 Å². The monoisotopic (exact) mass is 714 g/mol. The van der Waals surface area contributed by atoms with Crippen molar-refractivity contribution in [1.29, 1.82) is 0 Å². The van der Waals surface area contributed by atoms with Crippen LogP contribution in [0.2, 0.25) is 0 Å². The maximum Gasteiger partial charge on any atom is 0.408 e. The Kier molecular flexibility index (Phi) is 15.0. The Bertz CT molecular complexity index is 1180. The number of Topliss-reactive ketones (excluding diaryl/α,β-unsaturated/α-hetero) is 1. The number of ketones is 1. The second-order valence-electron chi connectivity index (χ2n) is 14.7. The summed E-state index contributed by atoms with van der Waals surface area (Å²) in [6, 6.07) is -1.13. The molecule has 0 radical (unpaired) electrons. The van der Waals surface area contributed by atoms with Gasteiger partial charge in [0.25, 0.3) is 0 Å². The molecular formula is C35H62N4O11. The van der Waals surface area contributed by atoms with Crippen LogP contribution in [0, 0.1) is 17.8 Å². The van der Waals surface area contributed by atoms with Crippen LogP contribution in [-0.2, 0) is 42.8 Å². The highest BCUT2D eigenvalue weighted by Gasteiger charge is 2.57. The van der Waals surface area contributed by atoms with Crippen molar-refractivity contribution < 1.29 is 52.7 Å². The zero-order chi connectivity index (χ0) is 37.6. The van der Waals surface area contributed by atoms with E-state index >= 15 is 0 Å². The number of aliphatic hydroxyl groups excluding tert-OH is 1. The normalized spacial score (nSPS) is 40.6. The minimum absolute atomic E-state index is 0.0109. The van der Waals surface area contributed by atoms with Gasteiger partial charge in [-0.2, -0.15) is 0 Å². The summed E-state index contributed by atoms with van der Waals surface area (Å²) in [5, 5.41) is 21.1. The van der Waals surface area contributed by atoms with E-state index in [2.05, 4.69) is 22.9 Å². The lowest BCUT2D eigenvalue weighted by atomic mass is 9.78. The van der Waals surface area contributed by atoms with Gasteiger partial charge in [0.05, 0.1) is 37.5 Å². The lowest BCUT2D eigenvalue weighted by Crippen LogP contribution is -2.61. The molecule has 3 aliphatic rings. The van der Waals surface area contributed by atoms with Gasteiger partial charge in [-0.1, -0.05) is 27.7 Å². The van der Waals surface area contributed by atoms with Gasteiger partial charge in [0.2, 0.25) is 0 Å². The number of carbonyl (C=O) groups is 4. The summed E-state index contributed by atoms with van der Waals surface area (Å²) in [4.78, 5) is 54.2. The number of hydrogen-bond acceptors (Lipinski definition) is 14. The van der Waals surface area contributed by atoms with Crippen LogP contribution in [0.15, 0.2) is 0 Å². The molecule has 1 amide bonds. The van der Waals surface area contributed by atoms with E-state index in [0.717, 1.165) is 0 Å². The number of hydrogen-bond donors (Lipinski definition) is 4. The SMILES string of the molecule is CC[C@H]1OC(=O)C(C)C(=O)[C@H](C)[C@@H](OC2OC(CNCC(=O)OC)CC(N(C)C)C2O)[C@](C)(OC)C[C@@H](C)CN[C@H](C)[C@H]2NC(=O)O[C@@]21CC. The number of nitrogens with zero attached hydrogens (tertiary/aromatic N) is 1. The molecule has 0 bridgehead atoms. The third-order valence-electron chi connectivity index (χ3n) is 10.9. The second-order valence-corrected chi connectivity index (χ2v) is 14.7. The number of cyclic esters (lactones) is 1. The molecule has 50 heavy (non-hydrogen) atoms. The van der Waals surface area contributed by atoms with Crippen LogP contribution < -0.4 is 16.0 Å². The lowest BCUT2D eigenvalue weighted by Gasteiger charge is -2.47. The van der Waals surface area contributed by atoms with Crippen LogP contribution in [0.5, 0.6) is 0 Å². The van der Waals surface area contributed by atoms with Gasteiger partial charge in [0.15, 0.2) is 17.7 Å². The van der Waals surface area contributed by atoms with Crippen LogP contribution in [0.25, 0.3) is 0 Å². The molecule has 15 heteroatoms. The fourth-order valence-electron chi connectivity index (χ4n) is 7.88. The van der Waals surface area contributed by atoms with E-state index < -0.39 is 83.6 Å². The standard InChI is InChI=1S/C35H62N4O11/c1-12-25-35(13-2)29(38-33(44)50-35)22(6)37-16-19(3)15-34(7,46-11)30(20(4)27(41)21(5)31(43)48-25)49-32-28(42)24(39(8)9)14-23(47-32)17-36-18-26(40)45-10/h19-25,28-30,32,36-37,42H,12-18H2,1-11H3,(H,38,44)/t19-,20+,21?,22-,23?,24?,25-,28?,29-,30-,32?,34-,35-/m1/s1. The molecule has 0 aromatic rings. The maximum absolute atomic E-state index is 14.2. The largest absolute Gasteiger partial charge is 0.468 e. The molecular weight excluding hydrogens is 652 g/mol. The molecule has 3 heterocycles. The first kappa shape index (κ1) is 42.0. The molecule has 3 saturated heterocycles. The minimum Gasteiger partial charge on any atom is -0.468 e. The number of alkyl carbamates (subject to hydrolysis) is 1. The van der Waals surface area contributed by atoms with E-state index in [4.69, 9.17) is 28.4 Å². The first-order chi connectivity index (χ1) is 23.5. The molecule has 0 saturated carbocycles. The Hall–Kier alpha value is -2.40. The summed E-state index contributed by atoms with van der Waals surface area (Å²) >= 11 is 0. The molecule has 5 unspecified atom stereocenters.